The lowest BCUT2D eigenvalue weighted by molar-refractivity contribution is -0.113. The van der Waals surface area contributed by atoms with Gasteiger partial charge in [0.2, 0.25) is 11.5 Å². The van der Waals surface area contributed by atoms with Crippen molar-refractivity contribution in [2.75, 3.05) is 11.1 Å². The third kappa shape index (κ3) is 4.29. The molecule has 0 aliphatic rings. The molecule has 0 radical (unpaired) electrons. The highest BCUT2D eigenvalue weighted by Gasteiger charge is 2.19. The molecular formula is C24H18FN3O3S2. The summed E-state index contributed by atoms with van der Waals surface area (Å²) in [7, 11) is 0. The Morgan fingerprint density at radius 3 is 2.88 bits per heavy atom. The predicted octanol–water partition coefficient (Wildman–Crippen LogP) is 5.43. The Bertz CT molecular complexity index is 1540. The fourth-order valence-electron chi connectivity index (χ4n) is 3.51. The van der Waals surface area contributed by atoms with E-state index < -0.39 is 5.82 Å². The molecule has 0 fully saturated rings. The van der Waals surface area contributed by atoms with Gasteiger partial charge in [0.15, 0.2) is 5.16 Å². The number of fused-ring (bicyclic) bond motifs is 3. The molecule has 5 rings (SSSR count). The quantitative estimate of drug-likeness (QED) is 0.260. The third-order valence-corrected chi connectivity index (χ3v) is 6.98. The number of anilines is 1. The van der Waals surface area contributed by atoms with Gasteiger partial charge in [0.05, 0.1) is 12.3 Å². The van der Waals surface area contributed by atoms with Gasteiger partial charge >= 0.3 is 0 Å². The van der Waals surface area contributed by atoms with Crippen LogP contribution in [-0.2, 0) is 11.3 Å². The van der Waals surface area contributed by atoms with Gasteiger partial charge in [-0.25, -0.2) is 9.37 Å². The van der Waals surface area contributed by atoms with Gasteiger partial charge in [0.1, 0.15) is 16.9 Å². The third-order valence-electron chi connectivity index (χ3n) is 5.15. The van der Waals surface area contributed by atoms with Crippen LogP contribution in [-0.4, -0.2) is 21.2 Å². The Balaban J connectivity index is 1.50. The summed E-state index contributed by atoms with van der Waals surface area (Å²) < 4.78 is 20.9. The van der Waals surface area contributed by atoms with Gasteiger partial charge in [-0.15, -0.1) is 11.3 Å². The van der Waals surface area contributed by atoms with E-state index >= 15 is 0 Å². The molecule has 9 heteroatoms. The molecule has 33 heavy (non-hydrogen) atoms. The molecule has 3 aromatic heterocycles. The summed E-state index contributed by atoms with van der Waals surface area (Å²) in [6, 6.07) is 15.4. The van der Waals surface area contributed by atoms with Gasteiger partial charge in [-0.1, -0.05) is 36.0 Å². The lowest BCUT2D eigenvalue weighted by Crippen LogP contribution is -2.24. The number of para-hydroxylation sites is 1. The monoisotopic (exact) mass is 479 g/mol. The number of thioether (sulfide) groups is 1. The second-order valence-electron chi connectivity index (χ2n) is 7.44. The number of halogens is 1. The van der Waals surface area contributed by atoms with E-state index in [2.05, 4.69) is 5.32 Å². The van der Waals surface area contributed by atoms with E-state index in [4.69, 9.17) is 9.40 Å². The Kier molecular flexibility index (Phi) is 5.74. The number of rotatable bonds is 6. The van der Waals surface area contributed by atoms with Crippen LogP contribution in [0.4, 0.5) is 10.1 Å². The number of amides is 1. The molecule has 0 aliphatic carbocycles. The van der Waals surface area contributed by atoms with Gasteiger partial charge < -0.3 is 9.73 Å². The van der Waals surface area contributed by atoms with E-state index in [0.29, 0.717) is 28.5 Å². The van der Waals surface area contributed by atoms with Crippen LogP contribution in [0.1, 0.15) is 10.4 Å². The minimum absolute atomic E-state index is 0.00806. The minimum atomic E-state index is -0.424. The van der Waals surface area contributed by atoms with E-state index in [-0.39, 0.29) is 22.8 Å². The van der Waals surface area contributed by atoms with E-state index in [1.54, 1.807) is 19.1 Å². The Morgan fingerprint density at radius 2 is 2.06 bits per heavy atom. The van der Waals surface area contributed by atoms with Crippen LogP contribution < -0.4 is 10.9 Å². The van der Waals surface area contributed by atoms with E-state index in [1.165, 1.54) is 28.0 Å². The van der Waals surface area contributed by atoms with Gasteiger partial charge in [-0.3, -0.25) is 14.2 Å². The van der Waals surface area contributed by atoms with E-state index in [0.717, 1.165) is 27.6 Å². The number of nitrogens with zero attached hydrogens (tertiary/aromatic N) is 2. The fraction of sp³-hybridized carbons (Fsp3) is 0.125. The van der Waals surface area contributed by atoms with Crippen molar-refractivity contribution in [3.8, 4) is 0 Å². The van der Waals surface area contributed by atoms with Crippen LogP contribution >= 0.6 is 23.1 Å². The summed E-state index contributed by atoms with van der Waals surface area (Å²) in [5.74, 6) is -0.733. The molecular weight excluding hydrogens is 461 g/mol. The molecule has 0 spiro atoms. The van der Waals surface area contributed by atoms with Crippen LogP contribution in [0.5, 0.6) is 0 Å². The summed E-state index contributed by atoms with van der Waals surface area (Å²) >= 11 is 2.69. The number of carbonyl (C=O) groups excluding carboxylic acids is 1. The van der Waals surface area contributed by atoms with Crippen molar-refractivity contribution < 1.29 is 13.6 Å². The van der Waals surface area contributed by atoms with E-state index in [9.17, 15) is 14.0 Å². The number of aromatic nitrogens is 2. The van der Waals surface area contributed by atoms with Gasteiger partial charge in [-0.2, -0.15) is 0 Å². The molecule has 1 N–H and O–H groups in total. The van der Waals surface area contributed by atoms with Crippen molar-refractivity contribution in [2.24, 2.45) is 0 Å². The molecule has 2 aromatic carbocycles. The van der Waals surface area contributed by atoms with Gasteiger partial charge in [-0.05, 0) is 48.2 Å². The largest absolute Gasteiger partial charge is 0.448 e. The van der Waals surface area contributed by atoms with Crippen molar-refractivity contribution in [3.63, 3.8) is 0 Å². The zero-order chi connectivity index (χ0) is 22.9. The highest BCUT2D eigenvalue weighted by atomic mass is 32.2. The summed E-state index contributed by atoms with van der Waals surface area (Å²) in [4.78, 5) is 31.6. The van der Waals surface area contributed by atoms with Crippen molar-refractivity contribution in [3.05, 3.63) is 86.6 Å². The summed E-state index contributed by atoms with van der Waals surface area (Å²) in [6.45, 7) is 2.11. The van der Waals surface area contributed by atoms with Crippen molar-refractivity contribution in [1.29, 1.82) is 0 Å². The molecule has 166 valence electrons. The molecule has 0 aliphatic heterocycles. The average Bonchev–Trinajstić information content (AvgIpc) is 3.45. The number of thiophene rings is 1. The fourth-order valence-corrected chi connectivity index (χ4v) is 4.99. The summed E-state index contributed by atoms with van der Waals surface area (Å²) in [5.41, 5.74) is 2.13. The molecule has 3 heterocycles. The summed E-state index contributed by atoms with van der Waals surface area (Å²) in [5, 5.41) is 5.83. The minimum Gasteiger partial charge on any atom is -0.448 e. The second-order valence-corrected chi connectivity index (χ2v) is 9.41. The van der Waals surface area contributed by atoms with Crippen LogP contribution in [0.3, 0.4) is 0 Å². The summed E-state index contributed by atoms with van der Waals surface area (Å²) in [6.07, 6.45) is 0. The van der Waals surface area contributed by atoms with Gasteiger partial charge in [0.25, 0.3) is 5.56 Å². The molecule has 6 nitrogen and oxygen atoms in total. The number of hydrogen-bond donors (Lipinski definition) is 1. The SMILES string of the molecule is Cc1ccc(F)cc1NC(=O)CSc1nc2c(oc3ccccc32)c(=O)n1Cc1cccs1. The first-order chi connectivity index (χ1) is 16.0. The normalized spacial score (nSPS) is 11.3. The number of nitrogens with one attached hydrogen (secondary N) is 1. The standard InChI is InChI=1S/C24H18FN3O3S2/c1-14-8-9-15(25)11-18(14)26-20(29)13-33-24-27-21-17-6-2-3-7-19(17)31-22(21)23(30)28(24)12-16-5-4-10-32-16/h2-11H,12-13H2,1H3,(H,26,29). The first kappa shape index (κ1) is 21.4. The topological polar surface area (TPSA) is 77.1 Å². The maximum Gasteiger partial charge on any atom is 0.298 e. The average molecular weight is 480 g/mol. The number of aryl methyl sites for hydroxylation is 1. The Morgan fingerprint density at radius 1 is 1.21 bits per heavy atom. The number of furan rings is 1. The zero-order valence-corrected chi connectivity index (χ0v) is 19.1. The predicted molar refractivity (Wildman–Crippen MR) is 130 cm³/mol. The number of hydrogen-bond acceptors (Lipinski definition) is 6. The Labute approximate surface area is 196 Å². The van der Waals surface area contributed by atoms with Crippen LogP contribution in [0.15, 0.2) is 74.3 Å². The maximum atomic E-state index is 13.6. The zero-order valence-electron chi connectivity index (χ0n) is 17.5. The highest BCUT2D eigenvalue weighted by molar-refractivity contribution is 7.99. The lowest BCUT2D eigenvalue weighted by Gasteiger charge is -2.12. The lowest BCUT2D eigenvalue weighted by atomic mass is 10.2. The molecule has 0 atom stereocenters. The van der Waals surface area contributed by atoms with Crippen molar-refractivity contribution in [2.45, 2.75) is 18.6 Å². The molecule has 1 amide bonds. The molecule has 0 unspecified atom stereocenters. The number of carbonyl (C=O) groups is 1. The Hall–Kier alpha value is -3.43. The van der Waals surface area contributed by atoms with Crippen molar-refractivity contribution in [1.82, 2.24) is 9.55 Å². The van der Waals surface area contributed by atoms with Crippen LogP contribution in [0, 0.1) is 12.7 Å². The first-order valence-electron chi connectivity index (χ1n) is 10.1. The number of benzene rings is 2. The second kappa shape index (κ2) is 8.84. The highest BCUT2D eigenvalue weighted by Crippen LogP contribution is 2.28. The molecule has 0 saturated heterocycles. The smallest absolute Gasteiger partial charge is 0.298 e. The maximum absolute atomic E-state index is 13.6. The van der Waals surface area contributed by atoms with E-state index in [1.807, 2.05) is 35.7 Å². The van der Waals surface area contributed by atoms with Crippen LogP contribution in [0.2, 0.25) is 0 Å². The molecule has 0 saturated carbocycles. The molecule has 0 bridgehead atoms. The van der Waals surface area contributed by atoms with Crippen LogP contribution in [0.25, 0.3) is 22.1 Å². The molecule has 5 aromatic rings. The first-order valence-corrected chi connectivity index (χ1v) is 12.0. The van der Waals surface area contributed by atoms with Gasteiger partial charge in [0, 0.05) is 16.0 Å². The van der Waals surface area contributed by atoms with Crippen molar-refractivity contribution >= 4 is 56.8 Å².